The predicted octanol–water partition coefficient (Wildman–Crippen LogP) is 3.66. The average Bonchev–Trinajstić information content (AvgIpc) is 3.01. The fourth-order valence-corrected chi connectivity index (χ4v) is 8.40. The molecule has 0 aromatic heterocycles. The first-order valence-electron chi connectivity index (χ1n) is 11.7. The molecule has 4 aliphatic carbocycles. The summed E-state index contributed by atoms with van der Waals surface area (Å²) in [7, 11) is 0. The number of ketones is 1. The lowest BCUT2D eigenvalue weighted by Crippen LogP contribution is -2.61. The monoisotopic (exact) mass is 406 g/mol. The van der Waals surface area contributed by atoms with Gasteiger partial charge in [-0.3, -0.25) is 9.59 Å². The van der Waals surface area contributed by atoms with Crippen LogP contribution in [0.2, 0.25) is 0 Å². The molecule has 0 amide bonds. The van der Waals surface area contributed by atoms with Gasteiger partial charge in [-0.2, -0.15) is 0 Å². The fourth-order valence-electron chi connectivity index (χ4n) is 8.40. The first-order chi connectivity index (χ1) is 13.6. The van der Waals surface area contributed by atoms with Crippen molar-refractivity contribution in [2.75, 3.05) is 0 Å². The number of hydrogen-bond donors (Lipinski definition) is 3. The predicted molar refractivity (Wildman–Crippen MR) is 109 cm³/mol. The third-order valence-corrected chi connectivity index (χ3v) is 10.1. The molecule has 0 aromatic rings. The van der Waals surface area contributed by atoms with Gasteiger partial charge >= 0.3 is 5.97 Å². The third-order valence-electron chi connectivity index (χ3n) is 10.1. The van der Waals surface area contributed by atoms with Gasteiger partial charge in [0.15, 0.2) is 0 Å². The maximum absolute atomic E-state index is 13.4. The lowest BCUT2D eigenvalue weighted by molar-refractivity contribution is -0.182. The number of rotatable bonds is 4. The first-order valence-corrected chi connectivity index (χ1v) is 11.7. The van der Waals surface area contributed by atoms with Crippen molar-refractivity contribution in [1.82, 2.24) is 0 Å². The van der Waals surface area contributed by atoms with Crippen LogP contribution in [0, 0.1) is 46.3 Å². The minimum atomic E-state index is -0.762. The number of carbonyl (C=O) groups is 2. The van der Waals surface area contributed by atoms with Crippen LogP contribution in [0.4, 0.5) is 0 Å². The summed E-state index contributed by atoms with van der Waals surface area (Å²) in [6.07, 6.45) is 5.74. The van der Waals surface area contributed by atoms with Crippen molar-refractivity contribution in [3.05, 3.63) is 0 Å². The Kier molecular flexibility index (Phi) is 5.39. The number of carboxylic acid groups (broad SMARTS) is 1. The maximum Gasteiger partial charge on any atom is 0.303 e. The summed E-state index contributed by atoms with van der Waals surface area (Å²) in [5.74, 6) is 0.775. The van der Waals surface area contributed by atoms with Crippen LogP contribution in [0.3, 0.4) is 0 Å². The van der Waals surface area contributed by atoms with E-state index in [0.29, 0.717) is 25.0 Å². The van der Waals surface area contributed by atoms with E-state index < -0.39 is 12.1 Å². The van der Waals surface area contributed by atoms with E-state index >= 15 is 0 Å². The number of aliphatic carboxylic acids is 1. The Labute approximate surface area is 174 Å². The van der Waals surface area contributed by atoms with Crippen molar-refractivity contribution in [3.8, 4) is 0 Å². The third kappa shape index (κ3) is 3.18. The van der Waals surface area contributed by atoms with E-state index in [1.165, 1.54) is 0 Å². The molecule has 164 valence electrons. The van der Waals surface area contributed by atoms with Gasteiger partial charge in [-0.1, -0.05) is 20.8 Å². The Morgan fingerprint density at radius 1 is 1.14 bits per heavy atom. The zero-order valence-electron chi connectivity index (χ0n) is 18.1. The van der Waals surface area contributed by atoms with E-state index in [1.807, 2.05) is 0 Å². The van der Waals surface area contributed by atoms with Gasteiger partial charge in [0.05, 0.1) is 12.2 Å². The van der Waals surface area contributed by atoms with Gasteiger partial charge in [0.25, 0.3) is 0 Å². The van der Waals surface area contributed by atoms with E-state index in [1.54, 1.807) is 0 Å². The lowest BCUT2D eigenvalue weighted by atomic mass is 9.43. The van der Waals surface area contributed by atoms with Crippen molar-refractivity contribution in [1.29, 1.82) is 0 Å². The molecule has 0 spiro atoms. The molecule has 4 saturated carbocycles. The van der Waals surface area contributed by atoms with Crippen LogP contribution in [-0.2, 0) is 9.59 Å². The normalized spacial score (nSPS) is 50.4. The molecule has 5 heteroatoms. The summed E-state index contributed by atoms with van der Waals surface area (Å²) in [4.78, 5) is 24.4. The van der Waals surface area contributed by atoms with Crippen molar-refractivity contribution in [2.24, 2.45) is 46.3 Å². The molecule has 0 heterocycles. The van der Waals surface area contributed by atoms with Gasteiger partial charge in [-0.15, -0.1) is 0 Å². The van der Waals surface area contributed by atoms with E-state index in [0.717, 1.165) is 32.1 Å². The average molecular weight is 407 g/mol. The molecule has 0 aliphatic heterocycles. The minimum Gasteiger partial charge on any atom is -0.481 e. The molecule has 5 nitrogen and oxygen atoms in total. The lowest BCUT2D eigenvalue weighted by Gasteiger charge is -2.61. The highest BCUT2D eigenvalue weighted by Gasteiger charge is 2.65. The Balaban J connectivity index is 1.62. The summed E-state index contributed by atoms with van der Waals surface area (Å²) >= 11 is 0. The molecule has 10 atom stereocenters. The Hall–Kier alpha value is -0.940. The summed E-state index contributed by atoms with van der Waals surface area (Å²) < 4.78 is 0. The van der Waals surface area contributed by atoms with Crippen molar-refractivity contribution in [3.63, 3.8) is 0 Å². The number of aliphatic hydroxyl groups is 2. The van der Waals surface area contributed by atoms with Gasteiger partial charge < -0.3 is 15.3 Å². The standard InChI is InChI=1S/C24H38O5/c1-13(4-7-21(28)29)16-5-6-17-22-18(12-20(27)24(16,17)3)23(2)9-8-15(25)10-14(23)11-19(22)26/h13-18,20,22,25,27H,4-12H2,1-3H3,(H,28,29)/t13-,14-,15-,16-,17-,18-,20+,22+,23+,24-/m1/s1. The molecule has 0 unspecified atom stereocenters. The van der Waals surface area contributed by atoms with Gasteiger partial charge in [0.1, 0.15) is 5.78 Å². The number of fused-ring (bicyclic) bond motifs is 5. The van der Waals surface area contributed by atoms with Gasteiger partial charge in [-0.05, 0) is 80.0 Å². The largest absolute Gasteiger partial charge is 0.481 e. The molecule has 0 aromatic carbocycles. The van der Waals surface area contributed by atoms with Crippen LogP contribution >= 0.6 is 0 Å². The van der Waals surface area contributed by atoms with Crippen LogP contribution in [0.15, 0.2) is 0 Å². The number of aliphatic hydroxyl groups excluding tert-OH is 2. The number of Topliss-reactive ketones (excluding diaryl/α,β-unsaturated/α-hetero) is 1. The van der Waals surface area contributed by atoms with Crippen LogP contribution in [0.1, 0.15) is 78.6 Å². The second-order valence-electron chi connectivity index (χ2n) is 11.3. The molecule has 4 rings (SSSR count). The van der Waals surface area contributed by atoms with Gasteiger partial charge in [-0.25, -0.2) is 0 Å². The molecular weight excluding hydrogens is 368 g/mol. The van der Waals surface area contributed by atoms with Crippen LogP contribution < -0.4 is 0 Å². The highest BCUT2D eigenvalue weighted by molar-refractivity contribution is 5.83. The highest BCUT2D eigenvalue weighted by atomic mass is 16.4. The summed E-state index contributed by atoms with van der Waals surface area (Å²) in [6, 6.07) is 0. The topological polar surface area (TPSA) is 94.8 Å². The SMILES string of the molecule is C[C@H](CCC(=O)O)[C@H]1CC[C@@H]2[C@@H]3C(=O)C[C@H]4C[C@H](O)CC[C@]4(C)[C@@H]3C[C@H](O)[C@@]21C. The fraction of sp³-hybridized carbons (Fsp3) is 0.917. The molecule has 29 heavy (non-hydrogen) atoms. The first kappa shape index (κ1) is 21.3. The van der Waals surface area contributed by atoms with Crippen LogP contribution in [0.5, 0.6) is 0 Å². The summed E-state index contributed by atoms with van der Waals surface area (Å²) in [5.41, 5.74) is -0.265. The molecule has 0 bridgehead atoms. The number of carbonyl (C=O) groups excluding carboxylic acids is 1. The minimum absolute atomic E-state index is 0.0246. The zero-order valence-corrected chi connectivity index (χ0v) is 18.1. The van der Waals surface area contributed by atoms with E-state index in [4.69, 9.17) is 5.11 Å². The number of hydrogen-bond acceptors (Lipinski definition) is 4. The van der Waals surface area contributed by atoms with Crippen molar-refractivity contribution >= 4 is 11.8 Å². The molecule has 0 radical (unpaired) electrons. The van der Waals surface area contributed by atoms with Crippen molar-refractivity contribution in [2.45, 2.75) is 90.8 Å². The second kappa shape index (κ2) is 7.33. The Morgan fingerprint density at radius 3 is 2.55 bits per heavy atom. The van der Waals surface area contributed by atoms with E-state index in [2.05, 4.69) is 20.8 Å². The van der Waals surface area contributed by atoms with E-state index in [9.17, 15) is 19.8 Å². The van der Waals surface area contributed by atoms with Crippen molar-refractivity contribution < 1.29 is 24.9 Å². The Morgan fingerprint density at radius 2 is 1.86 bits per heavy atom. The zero-order chi connectivity index (χ0) is 21.1. The molecule has 4 fully saturated rings. The van der Waals surface area contributed by atoms with Gasteiger partial charge in [0.2, 0.25) is 0 Å². The summed E-state index contributed by atoms with van der Waals surface area (Å²) in [6.45, 7) is 6.62. The molecule has 4 aliphatic rings. The summed E-state index contributed by atoms with van der Waals surface area (Å²) in [5, 5.41) is 30.7. The molecular formula is C24H38O5. The quantitative estimate of drug-likeness (QED) is 0.662. The van der Waals surface area contributed by atoms with Crippen LogP contribution in [0.25, 0.3) is 0 Å². The molecule has 3 N–H and O–H groups in total. The second-order valence-corrected chi connectivity index (χ2v) is 11.3. The smallest absolute Gasteiger partial charge is 0.303 e. The Bertz CT molecular complexity index is 676. The highest BCUT2D eigenvalue weighted by Crippen LogP contribution is 2.67. The maximum atomic E-state index is 13.4. The van der Waals surface area contributed by atoms with Crippen LogP contribution in [-0.4, -0.2) is 39.3 Å². The van der Waals surface area contributed by atoms with Gasteiger partial charge in [0, 0.05) is 24.2 Å². The number of carboxylic acids is 1. The molecule has 0 saturated heterocycles. The van der Waals surface area contributed by atoms with E-state index in [-0.39, 0.29) is 58.9 Å².